The van der Waals surface area contributed by atoms with Gasteiger partial charge in [-0.05, 0) is 32.0 Å². The highest BCUT2D eigenvalue weighted by atomic mass is 19.4. The van der Waals surface area contributed by atoms with Crippen LogP contribution < -0.4 is 10.1 Å². The predicted molar refractivity (Wildman–Crippen MR) is 83.5 cm³/mol. The van der Waals surface area contributed by atoms with E-state index in [4.69, 9.17) is 14.6 Å². The number of hydrogen-bond donors (Lipinski definition) is 2. The van der Waals surface area contributed by atoms with Crippen molar-refractivity contribution in [3.05, 3.63) is 23.8 Å². The maximum absolute atomic E-state index is 12.9. The molecule has 0 spiro atoms. The van der Waals surface area contributed by atoms with Crippen molar-refractivity contribution in [2.24, 2.45) is 5.41 Å². The van der Waals surface area contributed by atoms with Crippen LogP contribution >= 0.6 is 0 Å². The highest BCUT2D eigenvalue weighted by Crippen LogP contribution is 2.35. The van der Waals surface area contributed by atoms with Crippen LogP contribution in [-0.4, -0.2) is 37.3 Å². The molecule has 0 radical (unpaired) electrons. The van der Waals surface area contributed by atoms with Crippen LogP contribution in [0.15, 0.2) is 18.2 Å². The molecule has 140 valence electrons. The number of methoxy groups -OCH3 is 1. The molecular formula is C16H20F3NO5. The molecule has 0 aliphatic carbocycles. The summed E-state index contributed by atoms with van der Waals surface area (Å²) in [6.07, 6.45) is -5.00. The Balaban J connectivity index is 3.03. The molecule has 0 aliphatic rings. The van der Waals surface area contributed by atoms with Gasteiger partial charge in [-0.2, -0.15) is 13.2 Å². The maximum Gasteiger partial charge on any atom is 0.416 e. The van der Waals surface area contributed by atoms with Gasteiger partial charge in [0.25, 0.3) is 0 Å². The zero-order valence-electron chi connectivity index (χ0n) is 14.1. The van der Waals surface area contributed by atoms with E-state index >= 15 is 0 Å². The van der Waals surface area contributed by atoms with E-state index in [0.717, 1.165) is 18.2 Å². The molecule has 1 amide bonds. The first kappa shape index (κ1) is 20.8. The second-order valence-electron chi connectivity index (χ2n) is 5.96. The normalized spacial score (nSPS) is 11.9. The Morgan fingerprint density at radius 2 is 1.84 bits per heavy atom. The number of carbonyl (C=O) groups excluding carboxylic acids is 1. The van der Waals surface area contributed by atoms with Crippen molar-refractivity contribution in [1.82, 2.24) is 0 Å². The first-order chi connectivity index (χ1) is 11.5. The van der Waals surface area contributed by atoms with Gasteiger partial charge < -0.3 is 19.9 Å². The van der Waals surface area contributed by atoms with Gasteiger partial charge in [0.2, 0.25) is 5.91 Å². The van der Waals surface area contributed by atoms with Crippen LogP contribution in [0.5, 0.6) is 5.75 Å². The average Bonchev–Trinajstić information content (AvgIpc) is 2.47. The van der Waals surface area contributed by atoms with Gasteiger partial charge in [0.05, 0.1) is 23.3 Å². The van der Waals surface area contributed by atoms with Crippen LogP contribution in [0.4, 0.5) is 18.9 Å². The summed E-state index contributed by atoms with van der Waals surface area (Å²) in [6.45, 7) is 2.97. The fourth-order valence-corrected chi connectivity index (χ4v) is 1.84. The predicted octanol–water partition coefficient (Wildman–Crippen LogP) is 3.17. The summed E-state index contributed by atoms with van der Waals surface area (Å²) in [5, 5.41) is 11.3. The van der Waals surface area contributed by atoms with Crippen LogP contribution in [0, 0.1) is 5.41 Å². The van der Waals surface area contributed by atoms with Crippen molar-refractivity contribution in [3.8, 4) is 5.75 Å². The second-order valence-corrected chi connectivity index (χ2v) is 5.96. The Hall–Kier alpha value is -2.29. The van der Waals surface area contributed by atoms with Crippen molar-refractivity contribution < 1.29 is 37.3 Å². The van der Waals surface area contributed by atoms with Crippen LogP contribution in [-0.2, 0) is 20.5 Å². The SMILES string of the molecule is COCCOc1ccc(C(F)(F)F)cc1NC(=O)CC(C)(C)C(=O)O. The number of carboxylic acids is 1. The van der Waals surface area contributed by atoms with Gasteiger partial charge in [-0.15, -0.1) is 0 Å². The molecule has 0 saturated carbocycles. The molecule has 0 bridgehead atoms. The third-order valence-corrected chi connectivity index (χ3v) is 3.31. The van der Waals surface area contributed by atoms with Gasteiger partial charge in [0.15, 0.2) is 0 Å². The number of alkyl halides is 3. The lowest BCUT2D eigenvalue weighted by atomic mass is 9.89. The molecule has 9 heteroatoms. The second kappa shape index (κ2) is 8.19. The van der Waals surface area contributed by atoms with E-state index in [0.29, 0.717) is 0 Å². The first-order valence-electron chi connectivity index (χ1n) is 7.33. The number of benzene rings is 1. The Labute approximate surface area is 142 Å². The zero-order valence-corrected chi connectivity index (χ0v) is 14.1. The minimum Gasteiger partial charge on any atom is -0.489 e. The van der Waals surface area contributed by atoms with E-state index in [1.165, 1.54) is 21.0 Å². The monoisotopic (exact) mass is 363 g/mol. The molecule has 0 unspecified atom stereocenters. The lowest BCUT2D eigenvalue weighted by Crippen LogP contribution is -2.29. The summed E-state index contributed by atoms with van der Waals surface area (Å²) in [6, 6.07) is 2.67. The van der Waals surface area contributed by atoms with Crippen LogP contribution in [0.1, 0.15) is 25.8 Å². The van der Waals surface area contributed by atoms with Crippen LogP contribution in [0.3, 0.4) is 0 Å². The highest BCUT2D eigenvalue weighted by Gasteiger charge is 2.33. The zero-order chi connectivity index (χ0) is 19.3. The third-order valence-electron chi connectivity index (χ3n) is 3.31. The van der Waals surface area contributed by atoms with Crippen molar-refractivity contribution in [2.45, 2.75) is 26.4 Å². The molecule has 0 aliphatic heterocycles. The molecule has 2 N–H and O–H groups in total. The molecule has 6 nitrogen and oxygen atoms in total. The van der Waals surface area contributed by atoms with Crippen LogP contribution in [0.25, 0.3) is 0 Å². The number of nitrogens with one attached hydrogen (secondary N) is 1. The van der Waals surface area contributed by atoms with E-state index in [9.17, 15) is 22.8 Å². The number of anilines is 1. The number of hydrogen-bond acceptors (Lipinski definition) is 4. The smallest absolute Gasteiger partial charge is 0.416 e. The van der Waals surface area contributed by atoms with E-state index in [2.05, 4.69) is 5.32 Å². The number of halogens is 3. The minimum atomic E-state index is -4.59. The Bertz CT molecular complexity index is 629. The highest BCUT2D eigenvalue weighted by molar-refractivity contribution is 5.95. The average molecular weight is 363 g/mol. The van der Waals surface area contributed by atoms with Gasteiger partial charge in [-0.3, -0.25) is 9.59 Å². The molecule has 0 heterocycles. The molecule has 25 heavy (non-hydrogen) atoms. The molecule has 0 aromatic heterocycles. The fourth-order valence-electron chi connectivity index (χ4n) is 1.84. The molecule has 0 saturated heterocycles. The summed E-state index contributed by atoms with van der Waals surface area (Å²) in [5.74, 6) is -1.89. The van der Waals surface area contributed by atoms with Crippen molar-refractivity contribution >= 4 is 17.6 Å². The van der Waals surface area contributed by atoms with E-state index in [1.54, 1.807) is 0 Å². The van der Waals surface area contributed by atoms with Gasteiger partial charge in [0.1, 0.15) is 12.4 Å². The topological polar surface area (TPSA) is 84.9 Å². The molecule has 1 aromatic carbocycles. The summed E-state index contributed by atoms with van der Waals surface area (Å²) >= 11 is 0. The number of carboxylic acid groups (broad SMARTS) is 1. The Kier molecular flexibility index (Phi) is 6.80. The number of ether oxygens (including phenoxy) is 2. The number of rotatable bonds is 8. The number of aliphatic carboxylic acids is 1. The quantitative estimate of drug-likeness (QED) is 0.693. The van der Waals surface area contributed by atoms with E-state index in [1.807, 2.05) is 0 Å². The molecule has 0 fully saturated rings. The van der Waals surface area contributed by atoms with Gasteiger partial charge in [-0.1, -0.05) is 0 Å². The number of carbonyl (C=O) groups is 2. The van der Waals surface area contributed by atoms with Gasteiger partial charge in [0, 0.05) is 13.5 Å². The summed E-state index contributed by atoms with van der Waals surface area (Å²) in [7, 11) is 1.44. The minimum absolute atomic E-state index is 0.0338. The van der Waals surface area contributed by atoms with Crippen LogP contribution in [0.2, 0.25) is 0 Å². The van der Waals surface area contributed by atoms with Gasteiger partial charge in [-0.25, -0.2) is 0 Å². The molecule has 0 atom stereocenters. The summed E-state index contributed by atoms with van der Waals surface area (Å²) < 4.78 is 48.7. The van der Waals surface area contributed by atoms with E-state index < -0.39 is 35.5 Å². The maximum atomic E-state index is 12.9. The van der Waals surface area contributed by atoms with Gasteiger partial charge >= 0.3 is 12.1 Å². The van der Waals surface area contributed by atoms with Crippen molar-refractivity contribution in [3.63, 3.8) is 0 Å². The van der Waals surface area contributed by atoms with Crippen molar-refractivity contribution in [1.29, 1.82) is 0 Å². The largest absolute Gasteiger partial charge is 0.489 e. The Morgan fingerprint density at radius 3 is 2.36 bits per heavy atom. The molecular weight excluding hydrogens is 343 g/mol. The first-order valence-corrected chi connectivity index (χ1v) is 7.33. The lowest BCUT2D eigenvalue weighted by Gasteiger charge is -2.20. The standard InChI is InChI=1S/C16H20F3NO5/c1-15(2,14(22)23)9-13(21)20-11-8-10(16(17,18)19)4-5-12(11)25-7-6-24-3/h4-5,8H,6-7,9H2,1-3H3,(H,20,21)(H,22,23). The fraction of sp³-hybridized carbons (Fsp3) is 0.500. The molecule has 1 rings (SSSR count). The summed E-state index contributed by atoms with van der Waals surface area (Å²) in [5.41, 5.74) is -2.50. The number of amides is 1. The summed E-state index contributed by atoms with van der Waals surface area (Å²) in [4.78, 5) is 23.1. The van der Waals surface area contributed by atoms with E-state index in [-0.39, 0.29) is 24.7 Å². The third kappa shape index (κ3) is 6.26. The lowest BCUT2D eigenvalue weighted by molar-refractivity contribution is -0.149. The Morgan fingerprint density at radius 1 is 1.20 bits per heavy atom. The van der Waals surface area contributed by atoms with Crippen molar-refractivity contribution in [2.75, 3.05) is 25.6 Å². The molecule has 1 aromatic rings.